The molecule has 6 rings (SSSR count). The molecule has 0 saturated heterocycles. The second-order valence-electron chi connectivity index (χ2n) is 9.94. The fourth-order valence-corrected chi connectivity index (χ4v) is 6.31. The highest BCUT2D eigenvalue weighted by molar-refractivity contribution is 6.02. The molecule has 0 spiro atoms. The molecule has 0 unspecified atom stereocenters. The van der Waals surface area contributed by atoms with Gasteiger partial charge in [-0.25, -0.2) is 0 Å². The summed E-state index contributed by atoms with van der Waals surface area (Å²) in [5, 5.41) is 4.51. The van der Waals surface area contributed by atoms with Gasteiger partial charge in [0.15, 0.2) is 0 Å². The Morgan fingerprint density at radius 1 is 1.03 bits per heavy atom. The number of carbonyl (C=O) groups is 2. The average molecular weight is 457 g/mol. The smallest absolute Gasteiger partial charge is 0.257 e. The lowest BCUT2D eigenvalue weighted by atomic mass is 9.95. The third-order valence-electron chi connectivity index (χ3n) is 7.94. The number of nitrogens with zero attached hydrogens (tertiary/aromatic N) is 3. The fourth-order valence-electron chi connectivity index (χ4n) is 6.31. The zero-order valence-corrected chi connectivity index (χ0v) is 19.8. The van der Waals surface area contributed by atoms with Gasteiger partial charge in [-0.3, -0.25) is 9.59 Å². The molecule has 1 saturated carbocycles. The monoisotopic (exact) mass is 456 g/mol. The van der Waals surface area contributed by atoms with Crippen molar-refractivity contribution in [3.63, 3.8) is 0 Å². The summed E-state index contributed by atoms with van der Waals surface area (Å²) >= 11 is 0. The Morgan fingerprint density at radius 2 is 1.79 bits per heavy atom. The molecular formula is C28H32N4O2. The highest BCUT2D eigenvalue weighted by Crippen LogP contribution is 2.44. The van der Waals surface area contributed by atoms with Crippen LogP contribution in [0.5, 0.6) is 0 Å². The van der Waals surface area contributed by atoms with Gasteiger partial charge in [-0.2, -0.15) is 0 Å². The van der Waals surface area contributed by atoms with Gasteiger partial charge < -0.3 is 19.7 Å². The van der Waals surface area contributed by atoms with Gasteiger partial charge in [-0.1, -0.05) is 49.6 Å². The van der Waals surface area contributed by atoms with Crippen LogP contribution in [-0.4, -0.2) is 40.9 Å². The zero-order valence-electron chi connectivity index (χ0n) is 19.8. The third kappa shape index (κ3) is 3.39. The summed E-state index contributed by atoms with van der Waals surface area (Å²) in [6, 6.07) is 16.7. The predicted molar refractivity (Wildman–Crippen MR) is 134 cm³/mol. The van der Waals surface area contributed by atoms with E-state index in [0.717, 1.165) is 41.7 Å². The zero-order chi connectivity index (χ0) is 23.2. The summed E-state index contributed by atoms with van der Waals surface area (Å²) in [6.45, 7) is 1.31. The molecule has 6 nitrogen and oxygen atoms in total. The van der Waals surface area contributed by atoms with Crippen molar-refractivity contribution in [1.82, 2.24) is 14.8 Å². The molecule has 1 aliphatic carbocycles. The predicted octanol–water partition coefficient (Wildman–Crippen LogP) is 4.63. The second kappa shape index (κ2) is 8.49. The van der Waals surface area contributed by atoms with Gasteiger partial charge in [-0.15, -0.1) is 0 Å². The number of aromatic nitrogens is 1. The average Bonchev–Trinajstić information content (AvgIpc) is 3.20. The van der Waals surface area contributed by atoms with Gasteiger partial charge >= 0.3 is 0 Å². The maximum absolute atomic E-state index is 13.4. The number of anilines is 1. The number of carbonyl (C=O) groups excluding carboxylic acids is 2. The Hall–Kier alpha value is -3.28. The van der Waals surface area contributed by atoms with Crippen molar-refractivity contribution in [3.05, 3.63) is 65.4 Å². The number of rotatable bonds is 4. The van der Waals surface area contributed by atoms with Crippen LogP contribution in [0.4, 0.5) is 5.69 Å². The number of aryl methyl sites for hydroxylation is 1. The Balaban J connectivity index is 1.37. The number of para-hydroxylation sites is 2. The van der Waals surface area contributed by atoms with Crippen LogP contribution >= 0.6 is 0 Å². The van der Waals surface area contributed by atoms with Crippen molar-refractivity contribution in [2.75, 3.05) is 18.5 Å². The van der Waals surface area contributed by atoms with E-state index in [0.29, 0.717) is 25.6 Å². The standard InChI is InChI=1S/C28H32N4O2/c1-30-23-13-7-6-12-22(23)28(34)32-17-15-21-20-11-5-8-14-24(20)31(26(21)27(30)32)18-16-25(33)29-19-9-3-2-4-10-19/h5-8,11-14,19,27H,2-4,9-10,15-18H2,1H3,(H,29,33)/t27-/m1/s1. The van der Waals surface area contributed by atoms with E-state index in [1.807, 2.05) is 29.2 Å². The van der Waals surface area contributed by atoms with Gasteiger partial charge in [0.2, 0.25) is 5.91 Å². The minimum absolute atomic E-state index is 0.0937. The lowest BCUT2D eigenvalue weighted by Gasteiger charge is -2.46. The molecule has 3 aliphatic rings. The van der Waals surface area contributed by atoms with Gasteiger partial charge in [0.1, 0.15) is 6.17 Å². The van der Waals surface area contributed by atoms with E-state index in [2.05, 4.69) is 46.1 Å². The van der Waals surface area contributed by atoms with E-state index in [4.69, 9.17) is 0 Å². The lowest BCUT2D eigenvalue weighted by Crippen LogP contribution is -2.51. The second-order valence-corrected chi connectivity index (χ2v) is 9.94. The van der Waals surface area contributed by atoms with Crippen LogP contribution in [0.2, 0.25) is 0 Å². The first-order valence-corrected chi connectivity index (χ1v) is 12.7. The number of hydrogen-bond acceptors (Lipinski definition) is 3. The molecule has 0 radical (unpaired) electrons. The number of benzene rings is 2. The van der Waals surface area contributed by atoms with Crippen LogP contribution in [0.3, 0.4) is 0 Å². The highest BCUT2D eigenvalue weighted by atomic mass is 16.2. The van der Waals surface area contributed by atoms with Crippen LogP contribution in [-0.2, 0) is 17.8 Å². The van der Waals surface area contributed by atoms with Crippen LogP contribution in [0.15, 0.2) is 48.5 Å². The summed E-state index contributed by atoms with van der Waals surface area (Å²) < 4.78 is 2.31. The first-order valence-electron chi connectivity index (χ1n) is 12.7. The van der Waals surface area contributed by atoms with Crippen LogP contribution in [0.1, 0.15) is 66.3 Å². The molecule has 176 valence electrons. The number of hydrogen-bond donors (Lipinski definition) is 1. The summed E-state index contributed by atoms with van der Waals surface area (Å²) in [4.78, 5) is 30.6. The quantitative estimate of drug-likeness (QED) is 0.623. The minimum Gasteiger partial charge on any atom is -0.353 e. The molecule has 1 fully saturated rings. The van der Waals surface area contributed by atoms with Crippen LogP contribution < -0.4 is 10.2 Å². The van der Waals surface area contributed by atoms with E-state index in [-0.39, 0.29) is 18.0 Å². The topological polar surface area (TPSA) is 57.6 Å². The molecule has 6 heteroatoms. The fraction of sp³-hybridized carbons (Fsp3) is 0.429. The van der Waals surface area contributed by atoms with Crippen molar-refractivity contribution in [2.24, 2.45) is 0 Å². The Labute approximate surface area is 200 Å². The maximum atomic E-state index is 13.4. The molecule has 3 heterocycles. The van der Waals surface area contributed by atoms with Gasteiger partial charge in [0.25, 0.3) is 5.91 Å². The van der Waals surface area contributed by atoms with Crippen molar-refractivity contribution in [1.29, 1.82) is 0 Å². The van der Waals surface area contributed by atoms with Gasteiger partial charge in [-0.05, 0) is 43.0 Å². The van der Waals surface area contributed by atoms with E-state index in [1.165, 1.54) is 30.2 Å². The number of nitrogens with one attached hydrogen (secondary N) is 1. The molecule has 1 atom stereocenters. The van der Waals surface area contributed by atoms with E-state index < -0.39 is 0 Å². The van der Waals surface area contributed by atoms with Crippen molar-refractivity contribution in [3.8, 4) is 0 Å². The molecule has 2 aromatic carbocycles. The minimum atomic E-state index is -0.167. The van der Waals surface area contributed by atoms with Crippen molar-refractivity contribution < 1.29 is 9.59 Å². The molecule has 1 aromatic heterocycles. The SMILES string of the molecule is CN1c2ccccc2C(=O)N2CCc3c(n(CCC(=O)NC4CCCCC4)c4ccccc34)[C@@H]21. The Morgan fingerprint density at radius 3 is 2.65 bits per heavy atom. The van der Waals surface area contributed by atoms with Crippen molar-refractivity contribution in [2.45, 2.75) is 63.7 Å². The molecule has 3 aromatic rings. The van der Waals surface area contributed by atoms with Crippen LogP contribution in [0.25, 0.3) is 10.9 Å². The Bertz CT molecular complexity index is 1260. The lowest BCUT2D eigenvalue weighted by molar-refractivity contribution is -0.122. The molecular weight excluding hydrogens is 424 g/mol. The highest BCUT2D eigenvalue weighted by Gasteiger charge is 2.42. The third-order valence-corrected chi connectivity index (χ3v) is 7.94. The molecule has 1 N–H and O–H groups in total. The summed E-state index contributed by atoms with van der Waals surface area (Å²) in [5.41, 5.74) is 5.35. The van der Waals surface area contributed by atoms with Crippen LogP contribution in [0, 0.1) is 0 Å². The summed E-state index contributed by atoms with van der Waals surface area (Å²) in [7, 11) is 2.08. The van der Waals surface area contributed by atoms with Gasteiger partial charge in [0.05, 0.1) is 16.9 Å². The van der Waals surface area contributed by atoms with E-state index in [1.54, 1.807) is 0 Å². The van der Waals surface area contributed by atoms with Gasteiger partial charge in [0, 0.05) is 43.5 Å². The van der Waals surface area contributed by atoms with E-state index in [9.17, 15) is 9.59 Å². The van der Waals surface area contributed by atoms with E-state index >= 15 is 0 Å². The molecule has 2 aliphatic heterocycles. The van der Waals surface area contributed by atoms with Crippen molar-refractivity contribution >= 4 is 28.4 Å². The molecule has 0 bridgehead atoms. The summed E-state index contributed by atoms with van der Waals surface area (Å²) in [5.74, 6) is 0.223. The first-order chi connectivity index (χ1) is 16.6. The normalized spacial score (nSPS) is 20.1. The maximum Gasteiger partial charge on any atom is 0.257 e. The summed E-state index contributed by atoms with van der Waals surface area (Å²) in [6.07, 6.45) is 6.99. The number of fused-ring (bicyclic) bond motifs is 6. The molecule has 2 amide bonds. The largest absolute Gasteiger partial charge is 0.353 e. The molecule has 34 heavy (non-hydrogen) atoms. The Kier molecular flexibility index (Phi) is 5.31. The first kappa shape index (κ1) is 21.3. The number of amides is 2.